The molecule has 0 saturated carbocycles. The number of aryl methyl sites for hydroxylation is 1. The number of amides is 1. The van der Waals surface area contributed by atoms with Crippen molar-refractivity contribution in [3.63, 3.8) is 0 Å². The average molecular weight is 410 g/mol. The molecule has 156 valence electrons. The van der Waals surface area contributed by atoms with Crippen LogP contribution in [-0.4, -0.2) is 28.5 Å². The normalized spacial score (nSPS) is 11.5. The van der Waals surface area contributed by atoms with E-state index in [4.69, 9.17) is 4.74 Å². The van der Waals surface area contributed by atoms with Gasteiger partial charge in [-0.1, -0.05) is 31.5 Å². The van der Waals surface area contributed by atoms with Crippen molar-refractivity contribution in [2.45, 2.75) is 33.2 Å². The second-order valence-corrected chi connectivity index (χ2v) is 6.76. The van der Waals surface area contributed by atoms with Crippen LogP contribution in [-0.2, 0) is 6.54 Å². The van der Waals surface area contributed by atoms with Crippen LogP contribution in [0.3, 0.4) is 0 Å². The number of nitrogens with zero attached hydrogens (tertiary/aromatic N) is 3. The molecule has 0 aliphatic carbocycles. The Balaban J connectivity index is 1.92. The molecule has 1 aromatic heterocycles. The average Bonchev–Trinajstić information content (AvgIpc) is 2.76. The monoisotopic (exact) mass is 410 g/mol. The van der Waals surface area contributed by atoms with Gasteiger partial charge in [-0.05, 0) is 37.6 Å². The lowest BCUT2D eigenvalue weighted by molar-refractivity contribution is 0.0949. The lowest BCUT2D eigenvalue weighted by Gasteiger charge is -2.10. The van der Waals surface area contributed by atoms with Gasteiger partial charge in [0.1, 0.15) is 0 Å². The lowest BCUT2D eigenvalue weighted by atomic mass is 10.1. The van der Waals surface area contributed by atoms with Crippen LogP contribution in [0.25, 0.3) is 10.8 Å². The largest absolute Gasteiger partial charge is 0.494 e. The Hall–Kier alpha value is -3.55. The maximum absolute atomic E-state index is 13.9. The van der Waals surface area contributed by atoms with Gasteiger partial charge in [0.15, 0.2) is 17.3 Å². The van der Waals surface area contributed by atoms with E-state index >= 15 is 0 Å². The number of carbonyl (C=O) groups is 1. The highest BCUT2D eigenvalue weighted by molar-refractivity contribution is 6.06. The van der Waals surface area contributed by atoms with Gasteiger partial charge in [0.25, 0.3) is 11.5 Å². The number of fused-ring (bicyclic) bond motifs is 1. The van der Waals surface area contributed by atoms with Gasteiger partial charge in [-0.2, -0.15) is 10.2 Å². The quantitative estimate of drug-likeness (QED) is 0.477. The summed E-state index contributed by atoms with van der Waals surface area (Å²) in [7, 11) is 1.39. The number of benzene rings is 2. The van der Waals surface area contributed by atoms with E-state index in [0.29, 0.717) is 28.6 Å². The van der Waals surface area contributed by atoms with E-state index in [1.54, 1.807) is 37.3 Å². The van der Waals surface area contributed by atoms with E-state index in [-0.39, 0.29) is 17.0 Å². The third-order valence-electron chi connectivity index (χ3n) is 4.70. The minimum atomic E-state index is -0.551. The molecule has 0 bridgehead atoms. The third-order valence-corrected chi connectivity index (χ3v) is 4.70. The summed E-state index contributed by atoms with van der Waals surface area (Å²) < 4.78 is 20.1. The van der Waals surface area contributed by atoms with Crippen molar-refractivity contribution in [2.24, 2.45) is 5.10 Å². The summed E-state index contributed by atoms with van der Waals surface area (Å²) >= 11 is 0. The number of hydrogen-bond donors (Lipinski definition) is 1. The molecule has 0 radical (unpaired) electrons. The predicted molar refractivity (Wildman–Crippen MR) is 114 cm³/mol. The van der Waals surface area contributed by atoms with Gasteiger partial charge in [-0.3, -0.25) is 9.59 Å². The van der Waals surface area contributed by atoms with Crippen LogP contribution in [0.4, 0.5) is 4.39 Å². The number of hydrogen-bond acceptors (Lipinski definition) is 5. The van der Waals surface area contributed by atoms with Crippen molar-refractivity contribution in [1.82, 2.24) is 15.2 Å². The summed E-state index contributed by atoms with van der Waals surface area (Å²) in [6, 6.07) is 11.3. The van der Waals surface area contributed by atoms with Crippen LogP contribution < -0.4 is 15.7 Å². The molecule has 0 spiro atoms. The predicted octanol–water partition coefficient (Wildman–Crippen LogP) is 3.50. The Morgan fingerprint density at radius 1 is 1.23 bits per heavy atom. The van der Waals surface area contributed by atoms with E-state index in [1.807, 2.05) is 6.92 Å². The summed E-state index contributed by atoms with van der Waals surface area (Å²) in [5.41, 5.74) is 3.25. The molecule has 30 heavy (non-hydrogen) atoms. The number of hydrazone groups is 1. The molecule has 8 heteroatoms. The molecular formula is C22H23FN4O3. The molecule has 1 heterocycles. The number of nitrogens with one attached hydrogen (secondary N) is 1. The number of ether oxygens (including phenoxy) is 1. The van der Waals surface area contributed by atoms with Gasteiger partial charge in [0.2, 0.25) is 0 Å². The molecule has 0 aliphatic heterocycles. The Bertz CT molecular complexity index is 1170. The minimum absolute atomic E-state index is 0.110. The van der Waals surface area contributed by atoms with Crippen molar-refractivity contribution in [1.29, 1.82) is 0 Å². The number of rotatable bonds is 7. The van der Waals surface area contributed by atoms with Gasteiger partial charge in [0, 0.05) is 17.5 Å². The Labute approximate surface area is 173 Å². The number of halogens is 1. The molecule has 0 unspecified atom stereocenters. The maximum Gasteiger partial charge on any atom is 0.292 e. The van der Waals surface area contributed by atoms with Gasteiger partial charge >= 0.3 is 0 Å². The zero-order valence-electron chi connectivity index (χ0n) is 17.1. The highest BCUT2D eigenvalue weighted by Gasteiger charge is 2.16. The second-order valence-electron chi connectivity index (χ2n) is 6.76. The molecule has 3 aromatic rings. The molecular weight excluding hydrogens is 387 g/mol. The van der Waals surface area contributed by atoms with E-state index in [0.717, 1.165) is 12.8 Å². The van der Waals surface area contributed by atoms with Crippen molar-refractivity contribution in [3.05, 3.63) is 69.9 Å². The fourth-order valence-electron chi connectivity index (χ4n) is 3.01. The Morgan fingerprint density at radius 2 is 1.97 bits per heavy atom. The van der Waals surface area contributed by atoms with E-state index in [1.165, 1.54) is 23.9 Å². The fourth-order valence-corrected chi connectivity index (χ4v) is 3.01. The summed E-state index contributed by atoms with van der Waals surface area (Å²) in [6.45, 7) is 4.09. The van der Waals surface area contributed by atoms with Crippen molar-refractivity contribution in [2.75, 3.05) is 7.11 Å². The Morgan fingerprint density at radius 3 is 2.63 bits per heavy atom. The molecule has 2 aromatic carbocycles. The van der Waals surface area contributed by atoms with Crippen LogP contribution in [0.5, 0.6) is 5.75 Å². The molecule has 1 amide bonds. The lowest BCUT2D eigenvalue weighted by Crippen LogP contribution is -2.29. The molecule has 0 fully saturated rings. The molecule has 0 saturated heterocycles. The number of carbonyl (C=O) groups excluding carboxylic acids is 1. The number of unbranched alkanes of at least 4 members (excludes halogenated alkanes) is 1. The van der Waals surface area contributed by atoms with E-state index in [2.05, 4.69) is 15.6 Å². The first kappa shape index (κ1) is 21.2. The van der Waals surface area contributed by atoms with Crippen LogP contribution in [0.1, 0.15) is 42.7 Å². The summed E-state index contributed by atoms with van der Waals surface area (Å²) in [5, 5.41) is 9.22. The summed E-state index contributed by atoms with van der Waals surface area (Å²) in [4.78, 5) is 25.4. The van der Waals surface area contributed by atoms with Crippen molar-refractivity contribution in [3.8, 4) is 5.75 Å². The van der Waals surface area contributed by atoms with E-state index in [9.17, 15) is 14.0 Å². The first-order valence-electron chi connectivity index (χ1n) is 9.64. The van der Waals surface area contributed by atoms with Crippen LogP contribution in [0.2, 0.25) is 0 Å². The molecule has 1 N–H and O–H groups in total. The molecule has 3 rings (SSSR count). The first-order valence-corrected chi connectivity index (χ1v) is 9.64. The number of aromatic nitrogens is 2. The van der Waals surface area contributed by atoms with Gasteiger partial charge in [-0.25, -0.2) is 14.5 Å². The highest BCUT2D eigenvalue weighted by Crippen LogP contribution is 2.18. The third kappa shape index (κ3) is 4.37. The summed E-state index contributed by atoms with van der Waals surface area (Å²) in [5.74, 6) is -0.947. The zero-order chi connectivity index (χ0) is 21.7. The SMILES string of the molecule is CCCCn1nc(C(=O)N/N=C(/C)c2ccc(OC)c(F)c2)c2ccccc2c1=O. The fraction of sp³-hybridized carbons (Fsp3) is 0.273. The highest BCUT2D eigenvalue weighted by atomic mass is 19.1. The number of methoxy groups -OCH3 is 1. The van der Waals surface area contributed by atoms with Gasteiger partial charge in [-0.15, -0.1) is 0 Å². The van der Waals surface area contributed by atoms with Crippen molar-refractivity contribution >= 4 is 22.4 Å². The van der Waals surface area contributed by atoms with Crippen LogP contribution in [0.15, 0.2) is 52.4 Å². The van der Waals surface area contributed by atoms with Gasteiger partial charge < -0.3 is 4.74 Å². The second kappa shape index (κ2) is 9.30. The van der Waals surface area contributed by atoms with Crippen LogP contribution in [0, 0.1) is 5.82 Å². The smallest absolute Gasteiger partial charge is 0.292 e. The topological polar surface area (TPSA) is 85.6 Å². The van der Waals surface area contributed by atoms with Crippen molar-refractivity contribution < 1.29 is 13.9 Å². The zero-order valence-corrected chi connectivity index (χ0v) is 17.1. The maximum atomic E-state index is 13.9. The molecule has 0 aliphatic rings. The van der Waals surface area contributed by atoms with Crippen LogP contribution >= 0.6 is 0 Å². The van der Waals surface area contributed by atoms with E-state index < -0.39 is 11.7 Å². The standard InChI is InChI=1S/C22H23FN4O3/c1-4-5-12-27-22(29)17-9-7-6-8-16(17)20(26-27)21(28)25-24-14(2)15-10-11-19(30-3)18(23)13-15/h6-11,13H,4-5,12H2,1-3H3,(H,25,28)/b24-14-. The summed E-state index contributed by atoms with van der Waals surface area (Å²) in [6.07, 6.45) is 1.66. The minimum Gasteiger partial charge on any atom is -0.494 e. The van der Waals surface area contributed by atoms with Gasteiger partial charge in [0.05, 0.1) is 18.2 Å². The first-order chi connectivity index (χ1) is 14.5. The molecule has 0 atom stereocenters. The molecule has 7 nitrogen and oxygen atoms in total. The Kier molecular flexibility index (Phi) is 6.56.